The van der Waals surface area contributed by atoms with Gasteiger partial charge in [0.25, 0.3) is 0 Å². The Morgan fingerprint density at radius 3 is 2.62 bits per heavy atom. The van der Waals surface area contributed by atoms with Crippen molar-refractivity contribution in [2.75, 3.05) is 20.2 Å². The highest BCUT2D eigenvalue weighted by Gasteiger charge is 2.14. The van der Waals surface area contributed by atoms with Crippen LogP contribution in [0.3, 0.4) is 0 Å². The number of hydrogen-bond donors (Lipinski definition) is 2. The lowest BCUT2D eigenvalue weighted by Crippen LogP contribution is -2.47. The van der Waals surface area contributed by atoms with Crippen LogP contribution >= 0.6 is 11.6 Å². The summed E-state index contributed by atoms with van der Waals surface area (Å²) in [5.41, 5.74) is 0.986. The van der Waals surface area contributed by atoms with Crippen LogP contribution < -0.4 is 10.6 Å². The van der Waals surface area contributed by atoms with Crippen molar-refractivity contribution in [3.8, 4) is 0 Å². The Kier molecular flexibility index (Phi) is 6.99. The van der Waals surface area contributed by atoms with Crippen LogP contribution in [-0.4, -0.2) is 31.7 Å². The molecule has 0 aliphatic heterocycles. The Labute approximate surface area is 132 Å². The SMILES string of the molecule is CCNC(=NCC(OC)c1cccc(Cl)c1)NC(C)(C)C. The number of guanidine groups is 1. The Hall–Kier alpha value is -1.26. The molecule has 1 aromatic rings. The van der Waals surface area contributed by atoms with E-state index in [2.05, 4.69) is 36.4 Å². The zero-order valence-corrected chi connectivity index (χ0v) is 14.3. The van der Waals surface area contributed by atoms with E-state index in [0.717, 1.165) is 18.1 Å². The molecule has 0 saturated carbocycles. The van der Waals surface area contributed by atoms with Crippen LogP contribution in [0, 0.1) is 0 Å². The van der Waals surface area contributed by atoms with E-state index in [0.29, 0.717) is 11.6 Å². The van der Waals surface area contributed by atoms with Gasteiger partial charge in [0.2, 0.25) is 0 Å². The summed E-state index contributed by atoms with van der Waals surface area (Å²) in [5.74, 6) is 0.786. The summed E-state index contributed by atoms with van der Waals surface area (Å²) < 4.78 is 5.53. The van der Waals surface area contributed by atoms with E-state index in [9.17, 15) is 0 Å². The topological polar surface area (TPSA) is 45.7 Å². The minimum atomic E-state index is -0.112. The summed E-state index contributed by atoms with van der Waals surface area (Å²) >= 11 is 6.03. The lowest BCUT2D eigenvalue weighted by Gasteiger charge is -2.24. The van der Waals surface area contributed by atoms with E-state index in [1.54, 1.807) is 7.11 Å². The highest BCUT2D eigenvalue weighted by molar-refractivity contribution is 6.30. The standard InChI is InChI=1S/C16H26ClN3O/c1-6-18-15(20-16(2,3)4)19-11-14(21-5)12-8-7-9-13(17)10-12/h7-10,14H,6,11H2,1-5H3,(H2,18,19,20). The van der Waals surface area contributed by atoms with Crippen LogP contribution in [0.4, 0.5) is 0 Å². The van der Waals surface area contributed by atoms with Gasteiger partial charge in [0.15, 0.2) is 5.96 Å². The summed E-state index contributed by atoms with van der Waals surface area (Å²) in [7, 11) is 1.69. The molecule has 0 bridgehead atoms. The first-order valence-corrected chi connectivity index (χ1v) is 7.58. The fourth-order valence-electron chi connectivity index (χ4n) is 1.86. The molecule has 2 N–H and O–H groups in total. The second-order valence-electron chi connectivity index (χ2n) is 5.87. The molecule has 1 atom stereocenters. The number of hydrogen-bond acceptors (Lipinski definition) is 2. The third-order valence-electron chi connectivity index (χ3n) is 2.76. The van der Waals surface area contributed by atoms with Gasteiger partial charge in [0.1, 0.15) is 6.10 Å². The average Bonchev–Trinajstić information content (AvgIpc) is 2.38. The molecule has 0 amide bonds. The van der Waals surface area contributed by atoms with Gasteiger partial charge < -0.3 is 15.4 Å². The predicted octanol–water partition coefficient (Wildman–Crippen LogP) is 3.38. The number of aliphatic imine (C=N–C) groups is 1. The summed E-state index contributed by atoms with van der Waals surface area (Å²) in [6, 6.07) is 7.69. The Morgan fingerprint density at radius 2 is 2.10 bits per heavy atom. The first-order valence-electron chi connectivity index (χ1n) is 7.20. The van der Waals surface area contributed by atoms with Crippen LogP contribution in [0.2, 0.25) is 5.02 Å². The molecule has 1 unspecified atom stereocenters. The molecular weight excluding hydrogens is 286 g/mol. The molecule has 0 radical (unpaired) electrons. The normalized spacial score (nSPS) is 13.9. The minimum absolute atomic E-state index is 0.0420. The fourth-order valence-corrected chi connectivity index (χ4v) is 2.06. The van der Waals surface area contributed by atoms with E-state index >= 15 is 0 Å². The first kappa shape index (κ1) is 17.8. The van der Waals surface area contributed by atoms with Crippen molar-refractivity contribution in [2.24, 2.45) is 4.99 Å². The van der Waals surface area contributed by atoms with E-state index in [1.807, 2.05) is 31.2 Å². The Bertz CT molecular complexity index is 469. The highest BCUT2D eigenvalue weighted by atomic mass is 35.5. The molecule has 0 heterocycles. The van der Waals surface area contributed by atoms with Gasteiger partial charge in [-0.05, 0) is 45.4 Å². The molecule has 1 rings (SSSR count). The molecule has 21 heavy (non-hydrogen) atoms. The maximum absolute atomic E-state index is 6.03. The number of nitrogens with one attached hydrogen (secondary N) is 2. The molecule has 118 valence electrons. The molecule has 1 aromatic carbocycles. The van der Waals surface area contributed by atoms with Crippen LogP contribution in [-0.2, 0) is 4.74 Å². The van der Waals surface area contributed by atoms with Gasteiger partial charge in [-0.2, -0.15) is 0 Å². The van der Waals surface area contributed by atoms with Crippen molar-refractivity contribution in [1.82, 2.24) is 10.6 Å². The number of ether oxygens (including phenoxy) is 1. The number of halogens is 1. The number of rotatable bonds is 5. The quantitative estimate of drug-likeness (QED) is 0.647. The van der Waals surface area contributed by atoms with Crippen molar-refractivity contribution in [1.29, 1.82) is 0 Å². The van der Waals surface area contributed by atoms with Gasteiger partial charge in [-0.1, -0.05) is 23.7 Å². The highest BCUT2D eigenvalue weighted by Crippen LogP contribution is 2.20. The number of methoxy groups -OCH3 is 1. The van der Waals surface area contributed by atoms with E-state index in [1.165, 1.54) is 0 Å². The molecule has 0 aromatic heterocycles. The van der Waals surface area contributed by atoms with E-state index in [-0.39, 0.29) is 11.6 Å². The lowest BCUT2D eigenvalue weighted by atomic mass is 10.1. The number of benzene rings is 1. The van der Waals surface area contributed by atoms with Gasteiger partial charge in [-0.15, -0.1) is 0 Å². The summed E-state index contributed by atoms with van der Waals surface area (Å²) in [5, 5.41) is 7.30. The third kappa shape index (κ3) is 6.82. The average molecular weight is 312 g/mol. The van der Waals surface area contributed by atoms with Crippen molar-refractivity contribution < 1.29 is 4.74 Å². The number of nitrogens with zero attached hydrogens (tertiary/aromatic N) is 1. The second-order valence-corrected chi connectivity index (χ2v) is 6.31. The first-order chi connectivity index (χ1) is 9.85. The van der Waals surface area contributed by atoms with Crippen LogP contribution in [0.15, 0.2) is 29.3 Å². The minimum Gasteiger partial charge on any atom is -0.375 e. The zero-order valence-electron chi connectivity index (χ0n) is 13.5. The van der Waals surface area contributed by atoms with Crippen LogP contribution in [0.25, 0.3) is 0 Å². The van der Waals surface area contributed by atoms with Crippen molar-refractivity contribution >= 4 is 17.6 Å². The van der Waals surface area contributed by atoms with Crippen LogP contribution in [0.5, 0.6) is 0 Å². The van der Waals surface area contributed by atoms with E-state index < -0.39 is 0 Å². The van der Waals surface area contributed by atoms with Crippen molar-refractivity contribution in [3.63, 3.8) is 0 Å². The molecule has 0 aliphatic rings. The molecule has 4 nitrogen and oxygen atoms in total. The van der Waals surface area contributed by atoms with Crippen LogP contribution in [0.1, 0.15) is 39.4 Å². The zero-order chi connectivity index (χ0) is 15.9. The molecule has 0 aliphatic carbocycles. The second kappa shape index (κ2) is 8.25. The molecule has 5 heteroatoms. The lowest BCUT2D eigenvalue weighted by molar-refractivity contribution is 0.111. The van der Waals surface area contributed by atoms with Crippen molar-refractivity contribution in [2.45, 2.75) is 39.3 Å². The molecule has 0 spiro atoms. The fraction of sp³-hybridized carbons (Fsp3) is 0.562. The summed E-state index contributed by atoms with van der Waals surface area (Å²) in [6.45, 7) is 9.70. The largest absolute Gasteiger partial charge is 0.375 e. The van der Waals surface area contributed by atoms with Gasteiger partial charge in [0.05, 0.1) is 6.54 Å². The van der Waals surface area contributed by atoms with Gasteiger partial charge in [-0.3, -0.25) is 4.99 Å². The Morgan fingerprint density at radius 1 is 1.38 bits per heavy atom. The Balaban J connectivity index is 2.80. The van der Waals surface area contributed by atoms with Gasteiger partial charge >= 0.3 is 0 Å². The third-order valence-corrected chi connectivity index (χ3v) is 2.99. The molecular formula is C16H26ClN3O. The smallest absolute Gasteiger partial charge is 0.191 e. The monoisotopic (exact) mass is 311 g/mol. The maximum atomic E-state index is 6.03. The van der Waals surface area contributed by atoms with Gasteiger partial charge in [0, 0.05) is 24.2 Å². The predicted molar refractivity (Wildman–Crippen MR) is 90.1 cm³/mol. The summed E-state index contributed by atoms with van der Waals surface area (Å²) in [6.07, 6.45) is -0.112. The van der Waals surface area contributed by atoms with Crippen molar-refractivity contribution in [3.05, 3.63) is 34.9 Å². The van der Waals surface area contributed by atoms with Gasteiger partial charge in [-0.25, -0.2) is 0 Å². The molecule has 0 fully saturated rings. The maximum Gasteiger partial charge on any atom is 0.191 e. The van der Waals surface area contributed by atoms with E-state index in [4.69, 9.17) is 16.3 Å². The summed E-state index contributed by atoms with van der Waals surface area (Å²) in [4.78, 5) is 4.60. The molecule has 0 saturated heterocycles.